The number of imide groups is 1. The van der Waals surface area contributed by atoms with Gasteiger partial charge in [0.15, 0.2) is 5.69 Å². The van der Waals surface area contributed by atoms with Crippen LogP contribution in [0.5, 0.6) is 0 Å². The second-order valence-corrected chi connectivity index (χ2v) is 7.06. The van der Waals surface area contributed by atoms with Gasteiger partial charge in [0.2, 0.25) is 5.13 Å². The molecule has 1 N–H and O–H groups in total. The SMILES string of the molecule is CCCCCCC1(CCC)NC(=O)N(c2nc(C(F)(F)F)cs2)C1=O. The molecule has 1 aromatic heterocycles. The monoisotopic (exact) mass is 377 g/mol. The van der Waals surface area contributed by atoms with Crippen LogP contribution in [0, 0.1) is 0 Å². The first-order valence-electron chi connectivity index (χ1n) is 8.44. The molecule has 2 rings (SSSR count). The second kappa shape index (κ2) is 7.72. The molecule has 140 valence electrons. The maximum absolute atomic E-state index is 12.9. The zero-order valence-corrected chi connectivity index (χ0v) is 15.1. The van der Waals surface area contributed by atoms with Crippen molar-refractivity contribution < 1.29 is 22.8 Å². The highest BCUT2D eigenvalue weighted by Crippen LogP contribution is 2.37. The number of alkyl halides is 3. The summed E-state index contributed by atoms with van der Waals surface area (Å²) >= 11 is 0.645. The third-order valence-electron chi connectivity index (χ3n) is 4.27. The number of carbonyl (C=O) groups excluding carboxylic acids is 2. The minimum absolute atomic E-state index is 0.235. The normalized spacial score (nSPS) is 21.1. The van der Waals surface area contributed by atoms with E-state index in [2.05, 4.69) is 17.2 Å². The number of hydrogen-bond acceptors (Lipinski definition) is 4. The number of halogens is 3. The van der Waals surface area contributed by atoms with Crippen LogP contribution in [0.2, 0.25) is 0 Å². The van der Waals surface area contributed by atoms with Crippen molar-refractivity contribution >= 4 is 28.4 Å². The Bertz CT molecular complexity index is 632. The van der Waals surface area contributed by atoms with E-state index in [9.17, 15) is 22.8 Å². The summed E-state index contributed by atoms with van der Waals surface area (Å²) in [6.07, 6.45) is 0.826. The second-order valence-electron chi connectivity index (χ2n) is 6.23. The van der Waals surface area contributed by atoms with Gasteiger partial charge in [-0.3, -0.25) is 4.79 Å². The van der Waals surface area contributed by atoms with Gasteiger partial charge in [-0.15, -0.1) is 11.3 Å². The van der Waals surface area contributed by atoms with Crippen molar-refractivity contribution in [1.82, 2.24) is 10.3 Å². The fourth-order valence-corrected chi connectivity index (χ4v) is 3.86. The molecule has 3 amide bonds. The van der Waals surface area contributed by atoms with E-state index < -0.39 is 29.3 Å². The Kier molecular flexibility index (Phi) is 6.08. The zero-order chi connectivity index (χ0) is 18.7. The van der Waals surface area contributed by atoms with Crippen molar-refractivity contribution in [3.05, 3.63) is 11.1 Å². The Morgan fingerprint density at radius 2 is 1.88 bits per heavy atom. The third-order valence-corrected chi connectivity index (χ3v) is 5.10. The lowest BCUT2D eigenvalue weighted by Crippen LogP contribution is -2.47. The van der Waals surface area contributed by atoms with Crippen LogP contribution in [-0.4, -0.2) is 22.5 Å². The van der Waals surface area contributed by atoms with Crippen LogP contribution in [0.4, 0.5) is 23.1 Å². The molecule has 25 heavy (non-hydrogen) atoms. The largest absolute Gasteiger partial charge is 0.434 e. The molecule has 1 aromatic rings. The predicted molar refractivity (Wildman–Crippen MR) is 89.5 cm³/mol. The average molecular weight is 377 g/mol. The average Bonchev–Trinajstić information content (AvgIpc) is 3.09. The van der Waals surface area contributed by atoms with Gasteiger partial charge in [0.05, 0.1) is 0 Å². The maximum atomic E-state index is 12.9. The van der Waals surface area contributed by atoms with E-state index in [0.717, 1.165) is 36.0 Å². The van der Waals surface area contributed by atoms with Crippen molar-refractivity contribution in [2.24, 2.45) is 0 Å². The van der Waals surface area contributed by atoms with Crippen molar-refractivity contribution in [3.63, 3.8) is 0 Å². The number of anilines is 1. The highest BCUT2D eigenvalue weighted by molar-refractivity contribution is 7.14. The molecule has 0 saturated carbocycles. The minimum atomic E-state index is -4.60. The molecule has 0 bridgehead atoms. The molecule has 0 aliphatic carbocycles. The molecule has 0 aromatic carbocycles. The van der Waals surface area contributed by atoms with Gasteiger partial charge < -0.3 is 5.32 Å². The number of unbranched alkanes of at least 4 members (excludes halogenated alkanes) is 3. The minimum Gasteiger partial charge on any atom is -0.323 e. The quantitative estimate of drug-likeness (QED) is 0.526. The van der Waals surface area contributed by atoms with E-state index in [1.54, 1.807) is 0 Å². The molecule has 5 nitrogen and oxygen atoms in total. The summed E-state index contributed by atoms with van der Waals surface area (Å²) in [5.41, 5.74) is -2.13. The number of carbonyl (C=O) groups is 2. The van der Waals surface area contributed by atoms with Gasteiger partial charge in [-0.05, 0) is 12.8 Å². The predicted octanol–water partition coefficient (Wildman–Crippen LogP) is 4.73. The van der Waals surface area contributed by atoms with E-state index in [1.807, 2.05) is 6.92 Å². The Morgan fingerprint density at radius 1 is 1.16 bits per heavy atom. The van der Waals surface area contributed by atoms with Crippen LogP contribution in [0.1, 0.15) is 64.5 Å². The van der Waals surface area contributed by atoms with Gasteiger partial charge in [0.1, 0.15) is 5.54 Å². The molecule has 9 heteroatoms. The van der Waals surface area contributed by atoms with Crippen LogP contribution in [0.3, 0.4) is 0 Å². The summed E-state index contributed by atoms with van der Waals surface area (Å²) in [4.78, 5) is 29.4. The van der Waals surface area contributed by atoms with Crippen LogP contribution in [-0.2, 0) is 11.0 Å². The molecule has 1 fully saturated rings. The van der Waals surface area contributed by atoms with Crippen LogP contribution < -0.4 is 10.2 Å². The van der Waals surface area contributed by atoms with Crippen LogP contribution in [0.25, 0.3) is 0 Å². The summed E-state index contributed by atoms with van der Waals surface area (Å²) in [5, 5.41) is 3.30. The number of nitrogens with zero attached hydrogens (tertiary/aromatic N) is 2. The number of hydrogen-bond donors (Lipinski definition) is 1. The molecule has 0 radical (unpaired) electrons. The number of aromatic nitrogens is 1. The lowest BCUT2D eigenvalue weighted by molar-refractivity contribution is -0.140. The fourth-order valence-electron chi connectivity index (χ4n) is 3.04. The van der Waals surface area contributed by atoms with E-state index >= 15 is 0 Å². The molecule has 0 spiro atoms. The molecular weight excluding hydrogens is 355 g/mol. The number of urea groups is 1. The lowest BCUT2D eigenvalue weighted by atomic mass is 9.87. The van der Waals surface area contributed by atoms with Gasteiger partial charge in [-0.1, -0.05) is 46.0 Å². The van der Waals surface area contributed by atoms with E-state index in [0.29, 0.717) is 30.6 Å². The molecule has 1 unspecified atom stereocenters. The molecule has 1 aliphatic heterocycles. The molecule has 1 aliphatic rings. The van der Waals surface area contributed by atoms with Crippen LogP contribution >= 0.6 is 11.3 Å². The van der Waals surface area contributed by atoms with Crippen molar-refractivity contribution in [1.29, 1.82) is 0 Å². The Balaban J connectivity index is 2.22. The first-order chi connectivity index (χ1) is 11.7. The first-order valence-corrected chi connectivity index (χ1v) is 9.32. The van der Waals surface area contributed by atoms with Crippen molar-refractivity contribution in [3.8, 4) is 0 Å². The first kappa shape index (κ1) is 19.7. The van der Waals surface area contributed by atoms with Gasteiger partial charge in [0.25, 0.3) is 5.91 Å². The molecule has 1 saturated heterocycles. The maximum Gasteiger partial charge on any atom is 0.434 e. The van der Waals surface area contributed by atoms with Gasteiger partial charge in [0, 0.05) is 5.38 Å². The van der Waals surface area contributed by atoms with E-state index in [-0.39, 0.29) is 5.13 Å². The fraction of sp³-hybridized carbons (Fsp3) is 0.688. The highest BCUT2D eigenvalue weighted by atomic mass is 32.1. The number of thiazole rings is 1. The number of nitrogens with one attached hydrogen (secondary N) is 1. The smallest absolute Gasteiger partial charge is 0.323 e. The summed E-state index contributed by atoms with van der Waals surface area (Å²) < 4.78 is 38.2. The standard InChI is InChI=1S/C16H22F3N3O2S/c1-3-5-6-7-9-15(8-4-2)12(23)22(13(24)21-15)14-20-11(10-25-14)16(17,18)19/h10H,3-9H2,1-2H3,(H,21,24). The van der Waals surface area contributed by atoms with Gasteiger partial charge >= 0.3 is 12.2 Å². The van der Waals surface area contributed by atoms with Gasteiger partial charge in [-0.2, -0.15) is 13.2 Å². The van der Waals surface area contributed by atoms with Crippen molar-refractivity contribution in [2.75, 3.05) is 4.90 Å². The van der Waals surface area contributed by atoms with Crippen molar-refractivity contribution in [2.45, 2.75) is 70.5 Å². The lowest BCUT2D eigenvalue weighted by Gasteiger charge is -2.26. The van der Waals surface area contributed by atoms with E-state index in [4.69, 9.17) is 0 Å². The summed E-state index contributed by atoms with van der Waals surface area (Å²) in [6.45, 7) is 3.98. The number of rotatable bonds is 8. The summed E-state index contributed by atoms with van der Waals surface area (Å²) in [6, 6.07) is -0.697. The highest BCUT2D eigenvalue weighted by Gasteiger charge is 2.51. The summed E-state index contributed by atoms with van der Waals surface area (Å²) in [7, 11) is 0. The Morgan fingerprint density at radius 3 is 2.44 bits per heavy atom. The molecular formula is C16H22F3N3O2S. The molecule has 2 heterocycles. The topological polar surface area (TPSA) is 62.3 Å². The van der Waals surface area contributed by atoms with E-state index in [1.165, 1.54) is 0 Å². The van der Waals surface area contributed by atoms with Gasteiger partial charge in [-0.25, -0.2) is 14.7 Å². The third kappa shape index (κ3) is 4.13. The Hall–Kier alpha value is -1.64. The zero-order valence-electron chi connectivity index (χ0n) is 14.3. The Labute approximate surface area is 148 Å². The van der Waals surface area contributed by atoms with Crippen LogP contribution in [0.15, 0.2) is 5.38 Å². The molecule has 1 atom stereocenters. The summed E-state index contributed by atoms with van der Waals surface area (Å²) in [5.74, 6) is -0.501. The number of amides is 3.